The Labute approximate surface area is 227 Å². The third-order valence-electron chi connectivity index (χ3n) is 7.28. The lowest BCUT2D eigenvalue weighted by Crippen LogP contribution is -2.47. The molecule has 1 aliphatic rings. The Kier molecular flexibility index (Phi) is 8.05. The van der Waals surface area contributed by atoms with Crippen LogP contribution in [0.3, 0.4) is 0 Å². The highest BCUT2D eigenvalue weighted by atomic mass is 16.5. The first-order valence-corrected chi connectivity index (χ1v) is 13.3. The fraction of sp³-hybridized carbons (Fsp3) is 0.333. The second-order valence-electron chi connectivity index (χ2n) is 9.91. The average Bonchev–Trinajstić information content (AvgIpc) is 3.37. The van der Waals surface area contributed by atoms with Crippen LogP contribution in [-0.2, 0) is 22.7 Å². The topological polar surface area (TPSA) is 110 Å². The lowest BCUT2D eigenvalue weighted by atomic mass is 9.94. The van der Waals surface area contributed by atoms with E-state index in [1.54, 1.807) is 28.8 Å². The summed E-state index contributed by atoms with van der Waals surface area (Å²) in [7, 11) is 1.58. The number of hydrogen-bond acceptors (Lipinski definition) is 6. The first-order chi connectivity index (χ1) is 19.0. The van der Waals surface area contributed by atoms with Gasteiger partial charge in [-0.15, -0.1) is 5.10 Å². The van der Waals surface area contributed by atoms with E-state index in [0.717, 1.165) is 43.2 Å². The van der Waals surface area contributed by atoms with E-state index in [1.165, 1.54) is 12.1 Å². The number of benzene rings is 3. The number of rotatable bonds is 9. The van der Waals surface area contributed by atoms with Gasteiger partial charge in [0.05, 0.1) is 19.2 Å². The van der Waals surface area contributed by atoms with Gasteiger partial charge in [0, 0.05) is 11.6 Å². The molecular weight excluding hydrogens is 494 g/mol. The summed E-state index contributed by atoms with van der Waals surface area (Å²) in [6.07, 6.45) is 5.13. The molecule has 1 aliphatic carbocycles. The van der Waals surface area contributed by atoms with Gasteiger partial charge in [0.25, 0.3) is 0 Å². The molecule has 0 radical (unpaired) electrons. The molecule has 9 nitrogen and oxygen atoms in total. The molecule has 0 aliphatic heterocycles. The van der Waals surface area contributed by atoms with Gasteiger partial charge in [-0.1, -0.05) is 66.9 Å². The van der Waals surface area contributed by atoms with Gasteiger partial charge in [-0.25, -0.2) is 4.68 Å². The van der Waals surface area contributed by atoms with Crippen molar-refractivity contribution in [1.82, 2.24) is 25.2 Å². The molecule has 1 fully saturated rings. The number of nitrogens with zero attached hydrogens (tertiary/aromatic N) is 4. The second kappa shape index (κ2) is 12.0. The number of aromatic hydroxyl groups is 1. The summed E-state index contributed by atoms with van der Waals surface area (Å²) in [6.45, 7) is 0.0417. The molecule has 1 aromatic heterocycles. The van der Waals surface area contributed by atoms with E-state index in [-0.39, 0.29) is 36.7 Å². The average molecular weight is 528 g/mol. The monoisotopic (exact) mass is 527 g/mol. The van der Waals surface area contributed by atoms with Crippen molar-refractivity contribution in [3.05, 3.63) is 83.9 Å². The Morgan fingerprint density at radius 2 is 1.74 bits per heavy atom. The number of carbonyl (C=O) groups is 2. The number of aromatic nitrogens is 3. The van der Waals surface area contributed by atoms with Crippen molar-refractivity contribution in [1.29, 1.82) is 0 Å². The minimum absolute atomic E-state index is 0.0633. The maximum Gasteiger partial charge on any atom is 0.247 e. The van der Waals surface area contributed by atoms with E-state index in [4.69, 9.17) is 4.74 Å². The van der Waals surface area contributed by atoms with E-state index in [2.05, 4.69) is 15.6 Å². The van der Waals surface area contributed by atoms with Gasteiger partial charge in [-0.2, -0.15) is 0 Å². The number of fused-ring (bicyclic) bond motifs is 1. The van der Waals surface area contributed by atoms with Crippen LogP contribution < -0.4 is 10.1 Å². The van der Waals surface area contributed by atoms with Crippen LogP contribution in [0.1, 0.15) is 49.3 Å². The quantitative estimate of drug-likeness (QED) is 0.335. The zero-order valence-electron chi connectivity index (χ0n) is 22.0. The number of phenols is 1. The summed E-state index contributed by atoms with van der Waals surface area (Å²) in [6, 6.07) is 20.5. The number of phenolic OH excluding ortho intramolecular Hbond substituents is 1. The second-order valence-corrected chi connectivity index (χ2v) is 9.91. The Morgan fingerprint density at radius 3 is 2.51 bits per heavy atom. The smallest absolute Gasteiger partial charge is 0.247 e. The van der Waals surface area contributed by atoms with Crippen LogP contribution in [0.4, 0.5) is 0 Å². The van der Waals surface area contributed by atoms with Crippen LogP contribution in [0.5, 0.6) is 11.5 Å². The lowest BCUT2D eigenvalue weighted by molar-refractivity contribution is -0.142. The molecule has 1 atom stereocenters. The number of ether oxygens (including phenoxy) is 1. The SMILES string of the molecule is COc1ccccc1CN(C(=O)Cn1nnc2ccccc21)[C@@H](C(=O)NC1CCCCC1)c1ccc(O)cc1. The summed E-state index contributed by atoms with van der Waals surface area (Å²) in [5.74, 6) is 0.160. The number of methoxy groups -OCH3 is 1. The molecule has 0 bridgehead atoms. The van der Waals surface area contributed by atoms with E-state index < -0.39 is 6.04 Å². The first-order valence-electron chi connectivity index (χ1n) is 13.3. The summed E-state index contributed by atoms with van der Waals surface area (Å²) in [5, 5.41) is 21.5. The minimum Gasteiger partial charge on any atom is -0.508 e. The number of amides is 2. The highest BCUT2D eigenvalue weighted by molar-refractivity contribution is 5.89. The van der Waals surface area contributed by atoms with Crippen LogP contribution in [0, 0.1) is 0 Å². The number of nitrogens with one attached hydrogen (secondary N) is 1. The first kappa shape index (κ1) is 26.2. The lowest BCUT2D eigenvalue weighted by Gasteiger charge is -2.34. The molecule has 1 heterocycles. The highest BCUT2D eigenvalue weighted by Gasteiger charge is 2.34. The zero-order valence-corrected chi connectivity index (χ0v) is 22.0. The summed E-state index contributed by atoms with van der Waals surface area (Å²) in [4.78, 5) is 29.6. The maximum atomic E-state index is 14.1. The Balaban J connectivity index is 1.54. The molecule has 2 amide bonds. The minimum atomic E-state index is -0.931. The van der Waals surface area contributed by atoms with Gasteiger partial charge in [0.15, 0.2) is 0 Å². The predicted molar refractivity (Wildman–Crippen MR) is 147 cm³/mol. The van der Waals surface area contributed by atoms with Crippen LogP contribution in [-0.4, -0.2) is 50.0 Å². The summed E-state index contributed by atoms with van der Waals surface area (Å²) >= 11 is 0. The van der Waals surface area contributed by atoms with Crippen molar-refractivity contribution in [3.8, 4) is 11.5 Å². The maximum absolute atomic E-state index is 14.1. The number of para-hydroxylation sites is 2. The van der Waals surface area contributed by atoms with Gasteiger partial charge in [-0.05, 0) is 48.7 Å². The highest BCUT2D eigenvalue weighted by Crippen LogP contribution is 2.29. The Bertz CT molecular complexity index is 1430. The molecule has 39 heavy (non-hydrogen) atoms. The van der Waals surface area contributed by atoms with Crippen molar-refractivity contribution in [2.24, 2.45) is 0 Å². The third kappa shape index (κ3) is 6.03. The van der Waals surface area contributed by atoms with Crippen molar-refractivity contribution in [3.63, 3.8) is 0 Å². The van der Waals surface area contributed by atoms with Crippen molar-refractivity contribution >= 4 is 22.8 Å². The Morgan fingerprint density at radius 1 is 1.03 bits per heavy atom. The fourth-order valence-corrected chi connectivity index (χ4v) is 5.25. The van der Waals surface area contributed by atoms with Crippen molar-refractivity contribution in [2.75, 3.05) is 7.11 Å². The van der Waals surface area contributed by atoms with Gasteiger partial charge < -0.3 is 20.1 Å². The molecule has 9 heteroatoms. The molecule has 3 aromatic carbocycles. The number of hydrogen-bond donors (Lipinski definition) is 2. The Hall–Kier alpha value is -4.40. The van der Waals surface area contributed by atoms with Crippen LogP contribution in [0.25, 0.3) is 11.0 Å². The largest absolute Gasteiger partial charge is 0.508 e. The zero-order chi connectivity index (χ0) is 27.2. The molecular formula is C30H33N5O4. The number of carbonyl (C=O) groups excluding carboxylic acids is 2. The summed E-state index contributed by atoms with van der Waals surface area (Å²) in [5.41, 5.74) is 2.79. The van der Waals surface area contributed by atoms with Gasteiger partial charge >= 0.3 is 0 Å². The van der Waals surface area contributed by atoms with Crippen LogP contribution in [0.2, 0.25) is 0 Å². The van der Waals surface area contributed by atoms with E-state index >= 15 is 0 Å². The molecule has 4 aromatic rings. The van der Waals surface area contributed by atoms with Crippen molar-refractivity contribution in [2.45, 2.75) is 57.3 Å². The van der Waals surface area contributed by atoms with E-state index in [1.807, 2.05) is 48.5 Å². The standard InChI is InChI=1S/C30H33N5O4/c1-39-27-14-8-5-9-22(27)19-34(28(37)20-35-26-13-7-6-12-25(26)32-33-35)29(21-15-17-24(36)18-16-21)30(38)31-23-10-3-2-4-11-23/h5-9,12-18,23,29,36H,2-4,10-11,19-20H2,1H3,(H,31,38)/t29-/m1/s1. The van der Waals surface area contributed by atoms with Gasteiger partial charge in [-0.3, -0.25) is 9.59 Å². The van der Waals surface area contributed by atoms with Crippen LogP contribution >= 0.6 is 0 Å². The molecule has 202 valence electrons. The van der Waals surface area contributed by atoms with Gasteiger partial charge in [0.1, 0.15) is 29.6 Å². The molecule has 5 rings (SSSR count). The molecule has 2 N–H and O–H groups in total. The molecule has 0 unspecified atom stereocenters. The van der Waals surface area contributed by atoms with Crippen LogP contribution in [0.15, 0.2) is 72.8 Å². The third-order valence-corrected chi connectivity index (χ3v) is 7.28. The molecule has 0 spiro atoms. The van der Waals surface area contributed by atoms with Gasteiger partial charge in [0.2, 0.25) is 11.8 Å². The fourth-order valence-electron chi connectivity index (χ4n) is 5.25. The molecule has 1 saturated carbocycles. The van der Waals surface area contributed by atoms with E-state index in [9.17, 15) is 14.7 Å². The normalized spacial score (nSPS) is 14.6. The summed E-state index contributed by atoms with van der Waals surface area (Å²) < 4.78 is 7.13. The van der Waals surface area contributed by atoms with Crippen molar-refractivity contribution < 1.29 is 19.4 Å². The predicted octanol–water partition coefficient (Wildman–Crippen LogP) is 4.36. The van der Waals surface area contributed by atoms with E-state index in [0.29, 0.717) is 16.8 Å². The molecule has 0 saturated heterocycles.